The van der Waals surface area contributed by atoms with Gasteiger partial charge in [-0.25, -0.2) is 4.57 Å². The van der Waals surface area contributed by atoms with Crippen LogP contribution in [-0.2, 0) is 16.7 Å². The number of aliphatic hydroxyl groups excluding tert-OH is 1. The fraction of sp³-hybridized carbons (Fsp3) is 0.235. The fourth-order valence-electron chi connectivity index (χ4n) is 2.24. The van der Waals surface area contributed by atoms with Crippen LogP contribution in [0.15, 0.2) is 48.8 Å². The van der Waals surface area contributed by atoms with Crippen LogP contribution in [-0.4, -0.2) is 37.5 Å². The van der Waals surface area contributed by atoms with Crippen LogP contribution >= 0.6 is 0 Å². The van der Waals surface area contributed by atoms with E-state index >= 15 is 0 Å². The molecule has 2 N–H and O–H groups in total. The molecule has 0 aliphatic heterocycles. The van der Waals surface area contributed by atoms with E-state index in [-0.39, 0.29) is 6.61 Å². The number of pyridine rings is 1. The smallest absolute Gasteiger partial charge is 0.269 e. The second kappa shape index (κ2) is 8.05. The third-order valence-corrected chi connectivity index (χ3v) is 4.09. The Morgan fingerprint density at radius 3 is 2.29 bits per heavy atom. The minimum atomic E-state index is -4.16. The van der Waals surface area contributed by atoms with E-state index < -0.39 is 15.9 Å². The summed E-state index contributed by atoms with van der Waals surface area (Å²) in [6.45, 7) is 0.472. The van der Waals surface area contributed by atoms with Gasteiger partial charge in [0.15, 0.2) is 18.9 Å². The lowest BCUT2D eigenvalue weighted by molar-refractivity contribution is -0.698. The average Bonchev–Trinajstić information content (AvgIpc) is 2.55. The Kier molecular flexibility index (Phi) is 6.08. The van der Waals surface area contributed by atoms with Crippen molar-refractivity contribution in [2.24, 2.45) is 0 Å². The first-order valence-electron chi connectivity index (χ1n) is 7.31. The number of rotatable bonds is 7. The van der Waals surface area contributed by atoms with Gasteiger partial charge in [0.25, 0.3) is 10.1 Å². The maximum atomic E-state index is 11.3. The van der Waals surface area contributed by atoms with Gasteiger partial charge in [-0.3, -0.25) is 4.55 Å². The summed E-state index contributed by atoms with van der Waals surface area (Å²) in [5.74, 6) is 0.219. The van der Waals surface area contributed by atoms with E-state index in [4.69, 9.17) is 9.84 Å². The van der Waals surface area contributed by atoms with Crippen molar-refractivity contribution >= 4 is 21.8 Å². The maximum absolute atomic E-state index is 11.3. The highest BCUT2D eigenvalue weighted by molar-refractivity contribution is 7.86. The van der Waals surface area contributed by atoms with Crippen molar-refractivity contribution in [2.45, 2.75) is 6.54 Å². The van der Waals surface area contributed by atoms with E-state index in [1.165, 1.54) is 0 Å². The molecule has 24 heavy (non-hydrogen) atoms. The first-order chi connectivity index (χ1) is 11.4. The highest BCUT2D eigenvalue weighted by Gasteiger charge is 2.13. The molecule has 2 aromatic rings. The van der Waals surface area contributed by atoms with Gasteiger partial charge in [0.05, 0.1) is 7.11 Å². The summed E-state index contributed by atoms with van der Waals surface area (Å²) in [4.78, 5) is 0. The molecule has 0 radical (unpaired) electrons. The van der Waals surface area contributed by atoms with E-state index in [9.17, 15) is 13.0 Å². The number of benzene rings is 1. The summed E-state index contributed by atoms with van der Waals surface area (Å²) in [5, 5.41) is 8.93. The molecule has 0 aliphatic carbocycles. The van der Waals surface area contributed by atoms with Crippen LogP contribution in [0.1, 0.15) is 11.1 Å². The molecule has 0 fully saturated rings. The SMILES string of the molecule is COc1ccc(/C=C(\CS(=O)(=O)O)c2cc[n+](CCO)cc2)cc1. The number of aliphatic hydroxyl groups is 1. The molecule has 0 saturated heterocycles. The lowest BCUT2D eigenvalue weighted by atomic mass is 10.1. The molecule has 6 nitrogen and oxygen atoms in total. The van der Waals surface area contributed by atoms with Crippen LogP contribution in [0.2, 0.25) is 0 Å². The molecule has 7 heteroatoms. The van der Waals surface area contributed by atoms with Gasteiger partial charge in [0.2, 0.25) is 0 Å². The highest BCUT2D eigenvalue weighted by atomic mass is 32.2. The minimum absolute atomic E-state index is 0.0174. The van der Waals surface area contributed by atoms with E-state index in [0.717, 1.165) is 5.56 Å². The molecule has 0 spiro atoms. The zero-order valence-corrected chi connectivity index (χ0v) is 14.1. The van der Waals surface area contributed by atoms with E-state index in [1.54, 1.807) is 66.5 Å². The first-order valence-corrected chi connectivity index (χ1v) is 8.92. The van der Waals surface area contributed by atoms with Gasteiger partial charge >= 0.3 is 0 Å². The summed E-state index contributed by atoms with van der Waals surface area (Å²) in [5.41, 5.74) is 1.94. The van der Waals surface area contributed by atoms with Crippen molar-refractivity contribution in [3.63, 3.8) is 0 Å². The lowest BCUT2D eigenvalue weighted by Gasteiger charge is -2.07. The predicted molar refractivity (Wildman–Crippen MR) is 91.0 cm³/mol. The second-order valence-electron chi connectivity index (χ2n) is 5.22. The van der Waals surface area contributed by atoms with E-state index in [0.29, 0.717) is 23.4 Å². The zero-order chi connectivity index (χ0) is 17.6. The second-order valence-corrected chi connectivity index (χ2v) is 6.67. The Morgan fingerprint density at radius 2 is 1.79 bits per heavy atom. The molecule has 0 amide bonds. The van der Waals surface area contributed by atoms with Crippen molar-refractivity contribution in [1.82, 2.24) is 0 Å². The molecule has 1 heterocycles. The van der Waals surface area contributed by atoms with Crippen LogP contribution in [0, 0.1) is 0 Å². The number of methoxy groups -OCH3 is 1. The summed E-state index contributed by atoms with van der Waals surface area (Å²) in [6.07, 6.45) is 5.20. The van der Waals surface area contributed by atoms with Gasteiger partial charge in [-0.15, -0.1) is 0 Å². The predicted octanol–water partition coefficient (Wildman–Crippen LogP) is 1.40. The molecular weight excluding hydrogens is 330 g/mol. The normalized spacial score (nSPS) is 12.2. The molecule has 1 aromatic carbocycles. The van der Waals surface area contributed by atoms with Gasteiger partial charge in [-0.2, -0.15) is 8.42 Å². The van der Waals surface area contributed by atoms with E-state index in [1.807, 2.05) is 0 Å². The monoisotopic (exact) mass is 350 g/mol. The molecular formula is C17H20NO5S+. The summed E-state index contributed by atoms with van der Waals surface area (Å²) in [6, 6.07) is 10.6. The molecule has 0 unspecified atom stereocenters. The Morgan fingerprint density at radius 1 is 1.17 bits per heavy atom. The lowest BCUT2D eigenvalue weighted by Crippen LogP contribution is -2.34. The van der Waals surface area contributed by atoms with Crippen molar-refractivity contribution < 1.29 is 27.4 Å². The first kappa shape index (κ1) is 18.1. The molecule has 0 aliphatic rings. The number of nitrogens with zero attached hydrogens (tertiary/aromatic N) is 1. The Bertz CT molecular complexity index is 796. The third-order valence-electron chi connectivity index (χ3n) is 3.41. The largest absolute Gasteiger partial charge is 0.497 e. The van der Waals surface area contributed by atoms with Crippen molar-refractivity contribution in [2.75, 3.05) is 19.5 Å². The fourth-order valence-corrected chi connectivity index (χ4v) is 2.89. The number of ether oxygens (including phenoxy) is 1. The molecule has 2 rings (SSSR count). The standard InChI is InChI=1S/C17H19NO5S/c1-23-17-4-2-14(3-5-17)12-16(13-24(20,21)22)15-6-8-18(9-7-15)10-11-19/h2-9,12,19H,10-11,13H2,1H3/p+1/b16-12+. The number of aromatic nitrogens is 1. The Balaban J connectivity index is 2.37. The van der Waals surface area contributed by atoms with Crippen LogP contribution < -0.4 is 9.30 Å². The van der Waals surface area contributed by atoms with Gasteiger partial charge in [-0.05, 0) is 28.8 Å². The molecule has 0 bridgehead atoms. The Hall–Kier alpha value is -2.22. The average molecular weight is 350 g/mol. The van der Waals surface area contributed by atoms with Gasteiger partial charge in [-0.1, -0.05) is 18.2 Å². The highest BCUT2D eigenvalue weighted by Crippen LogP contribution is 2.21. The minimum Gasteiger partial charge on any atom is -0.497 e. The molecule has 1 aromatic heterocycles. The van der Waals surface area contributed by atoms with Crippen molar-refractivity contribution in [1.29, 1.82) is 0 Å². The maximum Gasteiger partial charge on any atom is 0.269 e. The van der Waals surface area contributed by atoms with Gasteiger partial charge in [0.1, 0.15) is 18.1 Å². The summed E-state index contributed by atoms with van der Waals surface area (Å²) >= 11 is 0. The van der Waals surface area contributed by atoms with Crippen LogP contribution in [0.4, 0.5) is 0 Å². The molecule has 0 atom stereocenters. The van der Waals surface area contributed by atoms with E-state index in [2.05, 4.69) is 0 Å². The summed E-state index contributed by atoms with van der Waals surface area (Å²) < 4.78 is 38.8. The quantitative estimate of drug-likeness (QED) is 0.582. The third kappa shape index (κ3) is 5.45. The van der Waals surface area contributed by atoms with Crippen LogP contribution in [0.5, 0.6) is 5.75 Å². The van der Waals surface area contributed by atoms with Crippen LogP contribution in [0.3, 0.4) is 0 Å². The zero-order valence-electron chi connectivity index (χ0n) is 13.3. The number of hydrogen-bond acceptors (Lipinski definition) is 4. The Labute approximate surface area is 141 Å². The molecule has 0 saturated carbocycles. The van der Waals surface area contributed by atoms with Crippen molar-refractivity contribution in [3.05, 3.63) is 59.9 Å². The van der Waals surface area contributed by atoms with Gasteiger partial charge < -0.3 is 9.84 Å². The molecule has 128 valence electrons. The topological polar surface area (TPSA) is 87.7 Å². The van der Waals surface area contributed by atoms with Crippen molar-refractivity contribution in [3.8, 4) is 5.75 Å². The van der Waals surface area contributed by atoms with Gasteiger partial charge in [0, 0.05) is 12.1 Å². The number of hydrogen-bond donors (Lipinski definition) is 2. The summed E-state index contributed by atoms with van der Waals surface area (Å²) in [7, 11) is -2.59. The van der Waals surface area contributed by atoms with Crippen LogP contribution in [0.25, 0.3) is 11.6 Å².